The van der Waals surface area contributed by atoms with E-state index in [1.807, 2.05) is 5.38 Å². The summed E-state index contributed by atoms with van der Waals surface area (Å²) >= 11 is 7.66. The molecule has 0 aliphatic rings. The molecule has 0 fully saturated rings. The molecule has 1 nitrogen and oxygen atoms in total. The van der Waals surface area contributed by atoms with Crippen molar-refractivity contribution in [2.75, 3.05) is 13.2 Å². The van der Waals surface area contributed by atoms with Crippen molar-refractivity contribution >= 4 is 22.9 Å². The van der Waals surface area contributed by atoms with Crippen LogP contribution in [0.25, 0.3) is 0 Å². The summed E-state index contributed by atoms with van der Waals surface area (Å²) in [5.74, 6) is 0. The Kier molecular flexibility index (Phi) is 7.07. The average Bonchev–Trinajstić information content (AvgIpc) is 2.63. The fourth-order valence-electron chi connectivity index (χ4n) is 1.31. The number of ether oxygens (including phenoxy) is 1. The molecule has 15 heavy (non-hydrogen) atoms. The molecule has 1 aromatic heterocycles. The number of unbranched alkanes of at least 4 members (excludes halogenated alkanes) is 2. The summed E-state index contributed by atoms with van der Waals surface area (Å²) in [6, 6.07) is 0. The minimum atomic E-state index is 0.850. The second kappa shape index (κ2) is 8.14. The lowest BCUT2D eigenvalue weighted by molar-refractivity contribution is 0.128. The van der Waals surface area contributed by atoms with Crippen molar-refractivity contribution in [1.29, 1.82) is 0 Å². The van der Waals surface area contributed by atoms with E-state index in [0.29, 0.717) is 0 Å². The van der Waals surface area contributed by atoms with Crippen molar-refractivity contribution in [2.45, 2.75) is 32.1 Å². The van der Waals surface area contributed by atoms with E-state index in [2.05, 4.69) is 12.3 Å². The quantitative estimate of drug-likeness (QED) is 0.619. The van der Waals surface area contributed by atoms with Gasteiger partial charge >= 0.3 is 0 Å². The number of hydrogen-bond acceptors (Lipinski definition) is 2. The maximum Gasteiger partial charge on any atom is 0.0544 e. The fraction of sp³-hybridized carbons (Fsp3) is 0.583. The van der Waals surface area contributed by atoms with E-state index < -0.39 is 0 Å². The largest absolute Gasteiger partial charge is 0.381 e. The number of rotatable bonds is 8. The highest BCUT2D eigenvalue weighted by molar-refractivity contribution is 7.08. The molecule has 0 N–H and O–H groups in total. The van der Waals surface area contributed by atoms with Gasteiger partial charge in [-0.05, 0) is 36.6 Å². The van der Waals surface area contributed by atoms with Gasteiger partial charge in [0.15, 0.2) is 0 Å². The number of thiophene rings is 1. The second-order valence-electron chi connectivity index (χ2n) is 3.52. The molecule has 0 bridgehead atoms. The predicted molar refractivity (Wildman–Crippen MR) is 67.7 cm³/mol. The smallest absolute Gasteiger partial charge is 0.0544 e. The van der Waals surface area contributed by atoms with E-state index in [1.165, 1.54) is 5.56 Å². The molecular formula is C12H18ClOS. The lowest BCUT2D eigenvalue weighted by atomic mass is 10.1. The van der Waals surface area contributed by atoms with Crippen LogP contribution in [0.4, 0.5) is 0 Å². The molecule has 0 atom stereocenters. The first-order chi connectivity index (χ1) is 7.34. The first-order valence-corrected chi connectivity index (χ1v) is 6.74. The number of hydrogen-bond donors (Lipinski definition) is 0. The van der Waals surface area contributed by atoms with Gasteiger partial charge in [0.1, 0.15) is 0 Å². The third-order valence-corrected chi connectivity index (χ3v) is 3.49. The van der Waals surface area contributed by atoms with Gasteiger partial charge in [0, 0.05) is 18.6 Å². The lowest BCUT2D eigenvalue weighted by Gasteiger charge is -2.02. The van der Waals surface area contributed by atoms with Gasteiger partial charge < -0.3 is 4.74 Å². The third kappa shape index (κ3) is 5.55. The van der Waals surface area contributed by atoms with Crippen LogP contribution in [0.5, 0.6) is 0 Å². The van der Waals surface area contributed by atoms with Crippen LogP contribution in [0.1, 0.15) is 31.2 Å². The van der Waals surface area contributed by atoms with Crippen LogP contribution >= 0.6 is 22.9 Å². The summed E-state index contributed by atoms with van der Waals surface area (Å²) in [5, 5.41) is 5.03. The first kappa shape index (κ1) is 13.0. The van der Waals surface area contributed by atoms with Gasteiger partial charge in [0.25, 0.3) is 0 Å². The average molecular weight is 246 g/mol. The highest BCUT2D eigenvalue weighted by atomic mass is 35.5. The molecule has 0 spiro atoms. The van der Waals surface area contributed by atoms with Gasteiger partial charge in [-0.2, -0.15) is 11.3 Å². The molecule has 85 valence electrons. The van der Waals surface area contributed by atoms with Gasteiger partial charge in [0.2, 0.25) is 0 Å². The summed E-state index contributed by atoms with van der Waals surface area (Å²) in [6.07, 6.45) is 5.37. The van der Waals surface area contributed by atoms with E-state index in [1.54, 1.807) is 11.3 Å². The minimum absolute atomic E-state index is 0.850. The molecule has 0 aliphatic carbocycles. The molecule has 0 unspecified atom stereocenters. The Morgan fingerprint density at radius 2 is 2.00 bits per heavy atom. The van der Waals surface area contributed by atoms with Crippen LogP contribution in [0.15, 0.2) is 10.8 Å². The molecule has 0 saturated heterocycles. The Labute approximate surface area is 101 Å². The maximum atomic E-state index is 5.99. The molecule has 0 amide bonds. The predicted octanol–water partition coefficient (Wildman–Crippen LogP) is 4.36. The summed E-state index contributed by atoms with van der Waals surface area (Å²) in [4.78, 5) is 0. The van der Waals surface area contributed by atoms with Crippen molar-refractivity contribution in [3.8, 4) is 0 Å². The highest BCUT2D eigenvalue weighted by Gasteiger charge is 2.00. The summed E-state index contributed by atoms with van der Waals surface area (Å²) in [6.45, 7) is 5.48. The zero-order valence-corrected chi connectivity index (χ0v) is 10.6. The molecule has 0 saturated carbocycles. The summed E-state index contributed by atoms with van der Waals surface area (Å²) in [5.41, 5.74) is 1.28. The molecular weight excluding hydrogens is 228 g/mol. The van der Waals surface area contributed by atoms with Crippen LogP contribution in [-0.2, 0) is 11.2 Å². The van der Waals surface area contributed by atoms with Crippen molar-refractivity contribution in [2.24, 2.45) is 0 Å². The monoisotopic (exact) mass is 245 g/mol. The van der Waals surface area contributed by atoms with Crippen molar-refractivity contribution in [1.82, 2.24) is 0 Å². The Hall–Kier alpha value is -0.0500. The van der Waals surface area contributed by atoms with Gasteiger partial charge in [-0.25, -0.2) is 0 Å². The second-order valence-corrected chi connectivity index (χ2v) is 4.67. The van der Waals surface area contributed by atoms with Crippen LogP contribution in [-0.4, -0.2) is 13.2 Å². The van der Waals surface area contributed by atoms with Crippen molar-refractivity contribution in [3.63, 3.8) is 0 Å². The van der Waals surface area contributed by atoms with E-state index in [4.69, 9.17) is 16.3 Å². The Morgan fingerprint density at radius 3 is 2.67 bits per heavy atom. The van der Waals surface area contributed by atoms with Gasteiger partial charge in [0.05, 0.1) is 5.02 Å². The maximum absolute atomic E-state index is 5.99. The molecule has 1 heterocycles. The Morgan fingerprint density at radius 1 is 1.20 bits per heavy atom. The van der Waals surface area contributed by atoms with Crippen molar-refractivity contribution in [3.05, 3.63) is 28.3 Å². The van der Waals surface area contributed by atoms with E-state index >= 15 is 0 Å². The van der Waals surface area contributed by atoms with E-state index in [9.17, 15) is 0 Å². The Bertz CT molecular complexity index is 260. The zero-order valence-electron chi connectivity index (χ0n) is 9.01. The molecule has 0 aliphatic heterocycles. The summed E-state index contributed by atoms with van der Waals surface area (Å²) in [7, 11) is 0. The molecule has 1 rings (SSSR count). The van der Waals surface area contributed by atoms with Crippen LogP contribution in [0, 0.1) is 6.92 Å². The van der Waals surface area contributed by atoms with E-state index in [0.717, 1.165) is 50.3 Å². The molecule has 1 radical (unpaired) electrons. The molecule has 0 aromatic carbocycles. The van der Waals surface area contributed by atoms with Crippen LogP contribution in [0.3, 0.4) is 0 Å². The first-order valence-electron chi connectivity index (χ1n) is 5.42. The summed E-state index contributed by atoms with van der Waals surface area (Å²) < 4.78 is 5.45. The van der Waals surface area contributed by atoms with Crippen LogP contribution in [0.2, 0.25) is 5.02 Å². The number of aryl methyl sites for hydroxylation is 1. The zero-order chi connectivity index (χ0) is 10.9. The standard InChI is InChI=1S/C12H18ClOS/c1-2-3-7-14-8-5-4-6-11-9-15-10-12(11)13/h9-10H,1-8H2. The van der Waals surface area contributed by atoms with Crippen molar-refractivity contribution < 1.29 is 4.74 Å². The topological polar surface area (TPSA) is 9.23 Å². The van der Waals surface area contributed by atoms with Gasteiger partial charge in [-0.3, -0.25) is 0 Å². The van der Waals surface area contributed by atoms with Gasteiger partial charge in [-0.1, -0.05) is 24.9 Å². The van der Waals surface area contributed by atoms with Gasteiger partial charge in [-0.15, -0.1) is 0 Å². The Balaban J connectivity index is 1.96. The minimum Gasteiger partial charge on any atom is -0.381 e. The third-order valence-electron chi connectivity index (χ3n) is 2.21. The SMILES string of the molecule is [CH2]CCCOCCCCc1cscc1Cl. The van der Waals surface area contributed by atoms with Crippen LogP contribution < -0.4 is 0 Å². The normalized spacial score (nSPS) is 10.8. The van der Waals surface area contributed by atoms with E-state index in [-0.39, 0.29) is 0 Å². The number of halogens is 1. The lowest BCUT2D eigenvalue weighted by Crippen LogP contribution is -1.97. The highest BCUT2D eigenvalue weighted by Crippen LogP contribution is 2.22. The fourth-order valence-corrected chi connectivity index (χ4v) is 2.43. The molecule has 1 aromatic rings. The molecule has 3 heteroatoms.